The van der Waals surface area contributed by atoms with E-state index in [-0.39, 0.29) is 18.8 Å². The molecule has 1 aliphatic heterocycles. The Morgan fingerprint density at radius 3 is 2.15 bits per heavy atom. The van der Waals surface area contributed by atoms with Gasteiger partial charge in [-0.25, -0.2) is 0 Å². The number of aliphatic hydroxyl groups excluding tert-OH is 1. The molecule has 0 unspecified atom stereocenters. The molecule has 1 aromatic carbocycles. The number of hydrogen-bond acceptors (Lipinski definition) is 7. The monoisotopic (exact) mass is 369 g/mol. The van der Waals surface area contributed by atoms with E-state index in [0.29, 0.717) is 30.4 Å². The van der Waals surface area contributed by atoms with Crippen molar-refractivity contribution in [2.24, 2.45) is 0 Å². The van der Waals surface area contributed by atoms with Gasteiger partial charge in [-0.1, -0.05) is 0 Å². The van der Waals surface area contributed by atoms with Crippen LogP contribution in [0.1, 0.15) is 19.4 Å². The number of methoxy groups -OCH3 is 3. The Labute approximate surface area is 155 Å². The molecule has 2 rings (SSSR count). The average molecular weight is 369 g/mol. The van der Waals surface area contributed by atoms with E-state index >= 15 is 0 Å². The zero-order valence-electron chi connectivity index (χ0n) is 16.4. The van der Waals surface area contributed by atoms with Crippen molar-refractivity contribution in [2.75, 3.05) is 47.6 Å². The molecule has 0 aliphatic carbocycles. The predicted octanol–water partition coefficient (Wildman–Crippen LogP) is 1.70. The molecule has 0 radical (unpaired) electrons. The van der Waals surface area contributed by atoms with Crippen LogP contribution in [0.15, 0.2) is 12.1 Å². The number of rotatable bonds is 9. The molecule has 3 atom stereocenters. The molecule has 1 aromatic rings. The molecule has 7 nitrogen and oxygen atoms in total. The fourth-order valence-corrected chi connectivity index (χ4v) is 3.32. The summed E-state index contributed by atoms with van der Waals surface area (Å²) in [6, 6.07) is 3.69. The quantitative estimate of drug-likeness (QED) is 0.710. The van der Waals surface area contributed by atoms with Gasteiger partial charge in [0, 0.05) is 19.6 Å². The van der Waals surface area contributed by atoms with Crippen molar-refractivity contribution in [3.63, 3.8) is 0 Å². The van der Waals surface area contributed by atoms with Gasteiger partial charge in [-0.15, -0.1) is 0 Å². The van der Waals surface area contributed by atoms with Crippen LogP contribution in [-0.4, -0.2) is 75.9 Å². The molecule has 1 N–H and O–H groups in total. The van der Waals surface area contributed by atoms with Crippen molar-refractivity contribution in [3.8, 4) is 17.2 Å². The molecule has 0 saturated carbocycles. The van der Waals surface area contributed by atoms with Crippen molar-refractivity contribution in [1.29, 1.82) is 0 Å². The topological polar surface area (TPSA) is 69.6 Å². The van der Waals surface area contributed by atoms with Gasteiger partial charge < -0.3 is 28.8 Å². The highest BCUT2D eigenvalue weighted by Gasteiger charge is 2.23. The Balaban J connectivity index is 1.85. The van der Waals surface area contributed by atoms with Crippen LogP contribution in [0.5, 0.6) is 17.2 Å². The number of ether oxygens (including phenoxy) is 5. The SMILES string of the molecule is COc1cc(COC[C@H](O)CN2C[C@H](C)O[C@@H](C)C2)cc(OC)c1OC. The first-order valence-corrected chi connectivity index (χ1v) is 8.89. The lowest BCUT2D eigenvalue weighted by atomic mass is 10.2. The van der Waals surface area contributed by atoms with Crippen LogP contribution in [0.2, 0.25) is 0 Å². The van der Waals surface area contributed by atoms with Crippen molar-refractivity contribution in [1.82, 2.24) is 4.90 Å². The molecule has 1 saturated heterocycles. The molecule has 0 aromatic heterocycles. The van der Waals surface area contributed by atoms with Crippen LogP contribution < -0.4 is 14.2 Å². The van der Waals surface area contributed by atoms with E-state index in [4.69, 9.17) is 23.7 Å². The van der Waals surface area contributed by atoms with E-state index in [1.807, 2.05) is 12.1 Å². The fourth-order valence-electron chi connectivity index (χ4n) is 3.32. The summed E-state index contributed by atoms with van der Waals surface area (Å²) in [6.45, 7) is 6.95. The number of morpholine rings is 1. The number of β-amino-alcohol motifs (C(OH)–C–C–N with tert-alkyl or cyclic N) is 1. The maximum absolute atomic E-state index is 10.3. The molecule has 26 heavy (non-hydrogen) atoms. The highest BCUT2D eigenvalue weighted by atomic mass is 16.5. The predicted molar refractivity (Wildman–Crippen MR) is 98.2 cm³/mol. The van der Waals surface area contributed by atoms with Gasteiger partial charge in [0.05, 0.1) is 52.9 Å². The average Bonchev–Trinajstić information content (AvgIpc) is 2.59. The first-order chi connectivity index (χ1) is 12.5. The van der Waals surface area contributed by atoms with E-state index in [9.17, 15) is 5.11 Å². The summed E-state index contributed by atoms with van der Waals surface area (Å²) in [5.74, 6) is 1.72. The zero-order valence-corrected chi connectivity index (χ0v) is 16.4. The highest BCUT2D eigenvalue weighted by molar-refractivity contribution is 5.53. The molecule has 0 spiro atoms. The maximum Gasteiger partial charge on any atom is 0.203 e. The lowest BCUT2D eigenvalue weighted by Gasteiger charge is -2.36. The number of nitrogens with zero attached hydrogens (tertiary/aromatic N) is 1. The van der Waals surface area contributed by atoms with Crippen molar-refractivity contribution in [2.45, 2.75) is 38.8 Å². The van der Waals surface area contributed by atoms with Crippen LogP contribution >= 0.6 is 0 Å². The van der Waals surface area contributed by atoms with E-state index in [2.05, 4.69) is 18.7 Å². The van der Waals surface area contributed by atoms with Gasteiger partial charge in [0.2, 0.25) is 5.75 Å². The van der Waals surface area contributed by atoms with Gasteiger partial charge in [0.25, 0.3) is 0 Å². The van der Waals surface area contributed by atoms with Gasteiger partial charge >= 0.3 is 0 Å². The Kier molecular flexibility index (Phi) is 7.96. The second-order valence-electron chi connectivity index (χ2n) is 6.68. The molecular formula is C19H31NO6. The van der Waals surface area contributed by atoms with Crippen LogP contribution in [0.4, 0.5) is 0 Å². The van der Waals surface area contributed by atoms with E-state index in [0.717, 1.165) is 18.7 Å². The number of aliphatic hydroxyl groups is 1. The normalized spacial score (nSPS) is 22.1. The maximum atomic E-state index is 10.3. The Hall–Kier alpha value is -1.54. The minimum atomic E-state index is -0.547. The Morgan fingerprint density at radius 2 is 1.65 bits per heavy atom. The van der Waals surface area contributed by atoms with E-state index < -0.39 is 6.10 Å². The second-order valence-corrected chi connectivity index (χ2v) is 6.68. The summed E-state index contributed by atoms with van der Waals surface area (Å²) in [5.41, 5.74) is 0.889. The molecule has 0 amide bonds. The first-order valence-electron chi connectivity index (χ1n) is 8.89. The van der Waals surface area contributed by atoms with Gasteiger partial charge in [0.15, 0.2) is 11.5 Å². The molecular weight excluding hydrogens is 338 g/mol. The zero-order chi connectivity index (χ0) is 19.1. The van der Waals surface area contributed by atoms with Gasteiger partial charge in [0.1, 0.15) is 0 Å². The number of benzene rings is 1. The standard InChI is InChI=1S/C19H31NO6/c1-13-8-20(9-14(2)26-13)10-16(21)12-25-11-15-6-17(22-3)19(24-5)18(7-15)23-4/h6-7,13-14,16,21H,8-12H2,1-5H3/t13-,14-,16+/m0/s1. The lowest BCUT2D eigenvalue weighted by molar-refractivity contribution is -0.0826. The summed E-state index contributed by atoms with van der Waals surface area (Å²) in [4.78, 5) is 2.21. The smallest absolute Gasteiger partial charge is 0.203 e. The minimum absolute atomic E-state index is 0.186. The molecule has 148 valence electrons. The summed E-state index contributed by atoms with van der Waals surface area (Å²) >= 11 is 0. The third-order valence-electron chi connectivity index (χ3n) is 4.27. The van der Waals surface area contributed by atoms with Crippen LogP contribution in [0, 0.1) is 0 Å². The first kappa shape index (κ1) is 20.8. The van der Waals surface area contributed by atoms with Crippen molar-refractivity contribution < 1.29 is 28.8 Å². The molecule has 1 aliphatic rings. The Morgan fingerprint density at radius 1 is 1.08 bits per heavy atom. The summed E-state index contributed by atoms with van der Waals surface area (Å²) in [5, 5.41) is 10.3. The molecule has 1 heterocycles. The van der Waals surface area contributed by atoms with E-state index in [1.54, 1.807) is 21.3 Å². The van der Waals surface area contributed by atoms with Gasteiger partial charge in [-0.3, -0.25) is 4.90 Å². The van der Waals surface area contributed by atoms with E-state index in [1.165, 1.54) is 0 Å². The molecule has 1 fully saturated rings. The van der Waals surface area contributed by atoms with Crippen molar-refractivity contribution in [3.05, 3.63) is 17.7 Å². The third-order valence-corrected chi connectivity index (χ3v) is 4.27. The lowest BCUT2D eigenvalue weighted by Crippen LogP contribution is -2.48. The summed E-state index contributed by atoms with van der Waals surface area (Å²) < 4.78 is 27.4. The van der Waals surface area contributed by atoms with Crippen molar-refractivity contribution >= 4 is 0 Å². The second kappa shape index (κ2) is 9.97. The molecule has 7 heteroatoms. The van der Waals surface area contributed by atoms with Gasteiger partial charge in [-0.05, 0) is 31.5 Å². The van der Waals surface area contributed by atoms with Crippen LogP contribution in [0.25, 0.3) is 0 Å². The largest absolute Gasteiger partial charge is 0.493 e. The van der Waals surface area contributed by atoms with Crippen LogP contribution in [0.3, 0.4) is 0 Å². The van der Waals surface area contributed by atoms with Crippen LogP contribution in [-0.2, 0) is 16.1 Å². The summed E-state index contributed by atoms with van der Waals surface area (Å²) in [6.07, 6.45) is -0.174. The number of hydrogen-bond donors (Lipinski definition) is 1. The highest BCUT2D eigenvalue weighted by Crippen LogP contribution is 2.38. The molecule has 0 bridgehead atoms. The van der Waals surface area contributed by atoms with Gasteiger partial charge in [-0.2, -0.15) is 0 Å². The Bertz CT molecular complexity index is 532. The summed E-state index contributed by atoms with van der Waals surface area (Å²) in [7, 11) is 4.73. The third kappa shape index (κ3) is 5.74. The fraction of sp³-hybridized carbons (Fsp3) is 0.684. The minimum Gasteiger partial charge on any atom is -0.493 e.